The van der Waals surface area contributed by atoms with Gasteiger partial charge in [0.25, 0.3) is 5.91 Å². The van der Waals surface area contributed by atoms with Gasteiger partial charge in [0.2, 0.25) is 0 Å². The molecule has 0 aliphatic carbocycles. The number of esters is 1. The summed E-state index contributed by atoms with van der Waals surface area (Å²) in [5.74, 6) is 0.922. The number of nitrogens with zero attached hydrogens (tertiary/aromatic N) is 2. The second kappa shape index (κ2) is 10.8. The molecule has 0 bridgehead atoms. The number of amides is 1. The lowest BCUT2D eigenvalue weighted by Gasteiger charge is -2.27. The number of hydrogen-bond acceptors (Lipinski definition) is 6. The molecule has 0 spiro atoms. The van der Waals surface area contributed by atoms with Crippen molar-refractivity contribution in [1.29, 1.82) is 0 Å². The molecule has 4 aromatic rings. The number of rotatable bonds is 9. The molecule has 1 aliphatic heterocycles. The molecule has 1 aliphatic rings. The lowest BCUT2D eigenvalue weighted by atomic mass is 9.95. The summed E-state index contributed by atoms with van der Waals surface area (Å²) in [6.45, 7) is 7.08. The maximum Gasteiger partial charge on any atom is 0.338 e. The molecule has 0 radical (unpaired) electrons. The van der Waals surface area contributed by atoms with Gasteiger partial charge in [-0.15, -0.1) is 0 Å². The van der Waals surface area contributed by atoms with Crippen molar-refractivity contribution in [3.05, 3.63) is 95.2 Å². The first-order chi connectivity index (χ1) is 18.5. The molecule has 2 heterocycles. The summed E-state index contributed by atoms with van der Waals surface area (Å²) in [4.78, 5) is 27.7. The summed E-state index contributed by atoms with van der Waals surface area (Å²) in [7, 11) is 0. The average molecular weight is 512 g/mol. The fraction of sp³-hybridized carbons (Fsp3) is 0.233. The molecular weight excluding hydrogens is 482 g/mol. The minimum absolute atomic E-state index is 0.201. The fourth-order valence-electron chi connectivity index (χ4n) is 4.71. The highest BCUT2D eigenvalue weighted by molar-refractivity contribution is 6.12. The summed E-state index contributed by atoms with van der Waals surface area (Å²) in [5, 5.41) is 7.52. The molecule has 0 saturated carbocycles. The molecule has 194 valence electrons. The SMILES string of the molecule is CCOC(=O)c1ccc(N2C(=O)c3[nH]nc(-c4ccc(OCC)cc4)c3[C@H]2c2ccc(OCC)cc2)cc1. The Morgan fingerprint density at radius 2 is 1.45 bits per heavy atom. The van der Waals surface area contributed by atoms with Crippen LogP contribution in [0.5, 0.6) is 11.5 Å². The number of H-pyrrole nitrogens is 1. The van der Waals surface area contributed by atoms with Gasteiger partial charge < -0.3 is 14.2 Å². The van der Waals surface area contributed by atoms with E-state index >= 15 is 0 Å². The van der Waals surface area contributed by atoms with Gasteiger partial charge in [-0.25, -0.2) is 4.79 Å². The Hall–Kier alpha value is -4.59. The van der Waals surface area contributed by atoms with Crippen LogP contribution in [0.4, 0.5) is 5.69 Å². The zero-order valence-electron chi connectivity index (χ0n) is 21.6. The second-order valence-electron chi connectivity index (χ2n) is 8.67. The first-order valence-electron chi connectivity index (χ1n) is 12.7. The number of nitrogens with one attached hydrogen (secondary N) is 1. The highest BCUT2D eigenvalue weighted by Crippen LogP contribution is 2.45. The summed E-state index contributed by atoms with van der Waals surface area (Å²) >= 11 is 0. The summed E-state index contributed by atoms with van der Waals surface area (Å²) in [6, 6.07) is 21.9. The van der Waals surface area contributed by atoms with Gasteiger partial charge in [-0.05, 0) is 87.0 Å². The number of aromatic amines is 1. The van der Waals surface area contributed by atoms with Crippen LogP contribution in [-0.2, 0) is 4.74 Å². The first-order valence-corrected chi connectivity index (χ1v) is 12.7. The Bertz CT molecular complexity index is 1430. The minimum Gasteiger partial charge on any atom is -0.494 e. The number of carbonyl (C=O) groups excluding carboxylic acids is 2. The Balaban J connectivity index is 1.59. The first kappa shape index (κ1) is 25.1. The smallest absolute Gasteiger partial charge is 0.338 e. The van der Waals surface area contributed by atoms with Crippen molar-refractivity contribution in [2.75, 3.05) is 24.7 Å². The van der Waals surface area contributed by atoms with Crippen LogP contribution in [-0.4, -0.2) is 41.9 Å². The molecule has 0 fully saturated rings. The number of hydrogen-bond donors (Lipinski definition) is 1. The molecule has 8 nitrogen and oxygen atoms in total. The van der Waals surface area contributed by atoms with Gasteiger partial charge in [-0.2, -0.15) is 5.10 Å². The van der Waals surface area contributed by atoms with Gasteiger partial charge in [0.15, 0.2) is 0 Å². The number of ether oxygens (including phenoxy) is 3. The predicted molar refractivity (Wildman–Crippen MR) is 144 cm³/mol. The normalized spacial score (nSPS) is 14.3. The minimum atomic E-state index is -0.443. The van der Waals surface area contributed by atoms with Gasteiger partial charge in [-0.3, -0.25) is 14.8 Å². The molecule has 1 atom stereocenters. The zero-order chi connectivity index (χ0) is 26.6. The number of fused-ring (bicyclic) bond motifs is 1. The number of carbonyl (C=O) groups is 2. The summed E-state index contributed by atoms with van der Waals surface area (Å²) < 4.78 is 16.3. The molecule has 1 aromatic heterocycles. The van der Waals surface area contributed by atoms with E-state index in [2.05, 4.69) is 10.2 Å². The number of aromatic nitrogens is 2. The molecule has 8 heteroatoms. The van der Waals surface area contributed by atoms with E-state index in [4.69, 9.17) is 14.2 Å². The Morgan fingerprint density at radius 1 is 0.842 bits per heavy atom. The largest absolute Gasteiger partial charge is 0.494 e. The van der Waals surface area contributed by atoms with Crippen LogP contribution in [0.2, 0.25) is 0 Å². The molecular formula is C30H29N3O5. The third kappa shape index (κ3) is 4.61. The van der Waals surface area contributed by atoms with Crippen molar-refractivity contribution in [3.63, 3.8) is 0 Å². The van der Waals surface area contributed by atoms with E-state index in [0.717, 1.165) is 28.2 Å². The molecule has 0 unspecified atom stereocenters. The van der Waals surface area contributed by atoms with E-state index in [1.54, 1.807) is 36.1 Å². The highest BCUT2D eigenvalue weighted by atomic mass is 16.5. The Morgan fingerprint density at radius 3 is 2.03 bits per heavy atom. The molecule has 1 amide bonds. The third-order valence-corrected chi connectivity index (χ3v) is 6.37. The van der Waals surface area contributed by atoms with Gasteiger partial charge >= 0.3 is 5.97 Å². The molecule has 5 rings (SSSR count). The van der Waals surface area contributed by atoms with Crippen molar-refractivity contribution in [3.8, 4) is 22.8 Å². The lowest BCUT2D eigenvalue weighted by Crippen LogP contribution is -2.29. The standard InChI is InChI=1S/C30H29N3O5/c1-4-36-23-15-9-19(10-16-23)26-25-27(32-31-26)29(34)33(22-13-7-21(8-14-22)30(35)38-6-3)28(25)20-11-17-24(18-12-20)37-5-2/h7-18,28H,4-6H2,1-3H3,(H,31,32)/t28-/m1/s1. The van der Waals surface area contributed by atoms with Crippen molar-refractivity contribution in [1.82, 2.24) is 10.2 Å². The van der Waals surface area contributed by atoms with Gasteiger partial charge in [-0.1, -0.05) is 12.1 Å². The quantitative estimate of drug-likeness (QED) is 0.286. The lowest BCUT2D eigenvalue weighted by molar-refractivity contribution is 0.0526. The monoisotopic (exact) mass is 511 g/mol. The Kier molecular flexibility index (Phi) is 7.13. The van der Waals surface area contributed by atoms with Crippen molar-refractivity contribution >= 4 is 17.6 Å². The van der Waals surface area contributed by atoms with Gasteiger partial charge in [0.05, 0.1) is 37.1 Å². The maximum absolute atomic E-state index is 13.8. The van der Waals surface area contributed by atoms with E-state index in [0.29, 0.717) is 42.5 Å². The van der Waals surface area contributed by atoms with Crippen LogP contribution >= 0.6 is 0 Å². The molecule has 38 heavy (non-hydrogen) atoms. The maximum atomic E-state index is 13.8. The van der Waals surface area contributed by atoms with Crippen molar-refractivity contribution in [2.24, 2.45) is 0 Å². The third-order valence-electron chi connectivity index (χ3n) is 6.37. The van der Waals surface area contributed by atoms with Crippen molar-refractivity contribution < 1.29 is 23.8 Å². The molecule has 1 N–H and O–H groups in total. The average Bonchev–Trinajstić information content (AvgIpc) is 3.49. The van der Waals surface area contributed by atoms with Gasteiger partial charge in [0.1, 0.15) is 17.2 Å². The van der Waals surface area contributed by atoms with Crippen LogP contribution in [0.25, 0.3) is 11.3 Å². The Labute approximate surface area is 221 Å². The van der Waals surface area contributed by atoms with Crippen LogP contribution in [0, 0.1) is 0 Å². The van der Waals surface area contributed by atoms with E-state index < -0.39 is 12.0 Å². The van der Waals surface area contributed by atoms with E-state index in [1.807, 2.05) is 62.4 Å². The fourth-order valence-corrected chi connectivity index (χ4v) is 4.71. The van der Waals surface area contributed by atoms with E-state index in [9.17, 15) is 9.59 Å². The topological polar surface area (TPSA) is 93.8 Å². The summed E-state index contributed by atoms with van der Waals surface area (Å²) in [6.07, 6.45) is 0. The summed E-state index contributed by atoms with van der Waals surface area (Å²) in [5.41, 5.74) is 4.78. The van der Waals surface area contributed by atoms with Crippen molar-refractivity contribution in [2.45, 2.75) is 26.8 Å². The number of benzene rings is 3. The predicted octanol–water partition coefficient (Wildman–Crippen LogP) is 5.80. The highest BCUT2D eigenvalue weighted by Gasteiger charge is 2.43. The second-order valence-corrected chi connectivity index (χ2v) is 8.67. The van der Waals surface area contributed by atoms with E-state index in [-0.39, 0.29) is 5.91 Å². The van der Waals surface area contributed by atoms with Gasteiger partial charge in [0, 0.05) is 16.8 Å². The van der Waals surface area contributed by atoms with Crippen LogP contribution in [0.3, 0.4) is 0 Å². The number of anilines is 1. The zero-order valence-corrected chi connectivity index (χ0v) is 21.6. The van der Waals surface area contributed by atoms with E-state index in [1.165, 1.54) is 0 Å². The van der Waals surface area contributed by atoms with Crippen LogP contribution < -0.4 is 14.4 Å². The molecule has 3 aromatic carbocycles. The van der Waals surface area contributed by atoms with Crippen LogP contribution in [0.15, 0.2) is 72.8 Å². The van der Waals surface area contributed by atoms with Crippen LogP contribution in [0.1, 0.15) is 58.8 Å². The molecule has 0 saturated heterocycles.